The number of hydrogen-bond acceptors (Lipinski definition) is 4. The molecule has 6 heteroatoms. The van der Waals surface area contributed by atoms with E-state index in [0.717, 1.165) is 47.2 Å². The lowest BCUT2D eigenvalue weighted by Crippen LogP contribution is -2.19. The lowest BCUT2D eigenvalue weighted by atomic mass is 9.91. The predicted molar refractivity (Wildman–Crippen MR) is 117 cm³/mol. The molecule has 0 aliphatic carbocycles. The highest BCUT2D eigenvalue weighted by atomic mass is 16.5. The van der Waals surface area contributed by atoms with Crippen molar-refractivity contribution in [3.8, 4) is 5.75 Å². The van der Waals surface area contributed by atoms with Crippen molar-refractivity contribution in [2.75, 3.05) is 13.1 Å². The Morgan fingerprint density at radius 3 is 2.57 bits per heavy atom. The lowest BCUT2D eigenvalue weighted by Gasteiger charge is -2.16. The van der Waals surface area contributed by atoms with Crippen LogP contribution in [0.25, 0.3) is 10.8 Å². The third-order valence-corrected chi connectivity index (χ3v) is 5.55. The first-order chi connectivity index (χ1) is 14.5. The van der Waals surface area contributed by atoms with Crippen LogP contribution >= 0.6 is 0 Å². The van der Waals surface area contributed by atoms with Gasteiger partial charge in [0.1, 0.15) is 17.7 Å². The molecule has 4 rings (SSSR count). The van der Waals surface area contributed by atoms with Crippen molar-refractivity contribution in [2.24, 2.45) is 5.73 Å². The second-order valence-electron chi connectivity index (χ2n) is 7.71. The molecule has 1 aliphatic heterocycles. The maximum atomic E-state index is 12.0. The zero-order chi connectivity index (χ0) is 21.1. The van der Waals surface area contributed by atoms with Gasteiger partial charge >= 0.3 is 5.97 Å². The molecule has 0 aromatic heterocycles. The summed E-state index contributed by atoms with van der Waals surface area (Å²) in [7, 11) is 0. The number of fused-ring (bicyclic) bond motifs is 1. The Morgan fingerprint density at radius 2 is 1.90 bits per heavy atom. The molecule has 6 nitrogen and oxygen atoms in total. The molecule has 3 aromatic rings. The van der Waals surface area contributed by atoms with E-state index in [-0.39, 0.29) is 11.9 Å². The number of aliphatic carboxylic acids is 1. The minimum atomic E-state index is -0.860. The summed E-state index contributed by atoms with van der Waals surface area (Å²) >= 11 is 0. The number of benzene rings is 3. The van der Waals surface area contributed by atoms with Crippen LogP contribution < -0.4 is 15.8 Å². The molecule has 1 heterocycles. The third kappa shape index (κ3) is 4.44. The van der Waals surface area contributed by atoms with Crippen LogP contribution in [0.5, 0.6) is 5.75 Å². The normalized spacial score (nSPS) is 17.0. The highest BCUT2D eigenvalue weighted by molar-refractivity contribution is 5.99. The molecule has 0 amide bonds. The van der Waals surface area contributed by atoms with Gasteiger partial charge in [-0.1, -0.05) is 42.5 Å². The maximum absolute atomic E-state index is 12.0. The summed E-state index contributed by atoms with van der Waals surface area (Å²) in [6.07, 6.45) is 1.53. The number of amidine groups is 1. The van der Waals surface area contributed by atoms with E-state index in [0.29, 0.717) is 12.0 Å². The number of ether oxygens (including phenoxy) is 1. The van der Waals surface area contributed by atoms with Crippen LogP contribution in [0.1, 0.15) is 29.0 Å². The van der Waals surface area contributed by atoms with Crippen LogP contribution in [0.2, 0.25) is 0 Å². The van der Waals surface area contributed by atoms with E-state index in [2.05, 4.69) is 5.32 Å². The van der Waals surface area contributed by atoms with E-state index in [1.165, 1.54) is 0 Å². The Bertz CT molecular complexity index is 1070. The number of hydrogen-bond donors (Lipinski definition) is 4. The number of nitrogen functional groups attached to an aromatic ring is 1. The molecule has 154 valence electrons. The summed E-state index contributed by atoms with van der Waals surface area (Å²) in [5, 5.41) is 22.7. The molecule has 3 aromatic carbocycles. The molecule has 0 spiro atoms. The standard InChI is InChI=1S/C24H25N3O3/c25-23(26)18-4-3-16-2-1-15(11-19(16)13-18)12-22(24(28)29)17-5-7-20(8-6-17)30-21-9-10-27-14-21/h1-8,11,13,21-22,27H,9-10,12,14H2,(H3,25,26)(H,28,29)/t21?,22-/m0/s1. The third-order valence-electron chi connectivity index (χ3n) is 5.55. The van der Waals surface area contributed by atoms with Gasteiger partial charge in [-0.25, -0.2) is 0 Å². The molecule has 1 saturated heterocycles. The van der Waals surface area contributed by atoms with Crippen molar-refractivity contribution in [1.29, 1.82) is 5.41 Å². The molecule has 1 unspecified atom stereocenters. The number of carboxylic acid groups (broad SMARTS) is 1. The smallest absolute Gasteiger partial charge is 0.311 e. The average Bonchev–Trinajstić information content (AvgIpc) is 3.25. The zero-order valence-electron chi connectivity index (χ0n) is 16.6. The first-order valence-corrected chi connectivity index (χ1v) is 10.1. The molecule has 0 saturated carbocycles. The topological polar surface area (TPSA) is 108 Å². The molecular formula is C24H25N3O3. The van der Waals surface area contributed by atoms with Crippen molar-refractivity contribution in [1.82, 2.24) is 5.32 Å². The quantitative estimate of drug-likeness (QED) is 0.358. The SMILES string of the molecule is N=C(N)c1ccc2ccc(C[C@H](C(=O)O)c3ccc(OC4CCNC4)cc3)cc2c1. The molecule has 30 heavy (non-hydrogen) atoms. The summed E-state index contributed by atoms with van der Waals surface area (Å²) in [6, 6.07) is 18.9. The highest BCUT2D eigenvalue weighted by Crippen LogP contribution is 2.26. The van der Waals surface area contributed by atoms with Gasteiger partial charge in [-0.2, -0.15) is 0 Å². The second kappa shape index (κ2) is 8.55. The Balaban J connectivity index is 1.54. The van der Waals surface area contributed by atoms with Crippen molar-refractivity contribution in [2.45, 2.75) is 24.9 Å². The average molecular weight is 403 g/mol. The van der Waals surface area contributed by atoms with E-state index < -0.39 is 11.9 Å². The second-order valence-corrected chi connectivity index (χ2v) is 7.71. The van der Waals surface area contributed by atoms with Gasteiger partial charge in [-0.15, -0.1) is 0 Å². The first-order valence-electron chi connectivity index (χ1n) is 10.1. The van der Waals surface area contributed by atoms with Crippen LogP contribution in [-0.2, 0) is 11.2 Å². The molecular weight excluding hydrogens is 378 g/mol. The van der Waals surface area contributed by atoms with Crippen molar-refractivity contribution < 1.29 is 14.6 Å². The molecule has 1 aliphatic rings. The molecule has 0 radical (unpaired) electrons. The molecule has 0 bridgehead atoms. The minimum absolute atomic E-state index is 0.0152. The maximum Gasteiger partial charge on any atom is 0.311 e. The van der Waals surface area contributed by atoms with Crippen LogP contribution in [0.3, 0.4) is 0 Å². The predicted octanol–water partition coefficient (Wildman–Crippen LogP) is 3.28. The van der Waals surface area contributed by atoms with Gasteiger partial charge in [0.15, 0.2) is 0 Å². The van der Waals surface area contributed by atoms with Gasteiger partial charge in [0, 0.05) is 12.1 Å². The van der Waals surface area contributed by atoms with Crippen molar-refractivity contribution in [3.63, 3.8) is 0 Å². The monoisotopic (exact) mass is 403 g/mol. The van der Waals surface area contributed by atoms with E-state index >= 15 is 0 Å². The van der Waals surface area contributed by atoms with Gasteiger partial charge in [-0.05, 0) is 59.5 Å². The van der Waals surface area contributed by atoms with Gasteiger partial charge in [0.2, 0.25) is 0 Å². The molecule has 5 N–H and O–H groups in total. The number of carboxylic acids is 1. The summed E-state index contributed by atoms with van der Waals surface area (Å²) in [4.78, 5) is 12.0. The van der Waals surface area contributed by atoms with Gasteiger partial charge < -0.3 is 20.9 Å². The van der Waals surface area contributed by atoms with Crippen LogP contribution in [0, 0.1) is 5.41 Å². The number of carbonyl (C=O) groups is 1. The first kappa shape index (κ1) is 19.9. The van der Waals surface area contributed by atoms with E-state index in [1.807, 2.05) is 60.7 Å². The van der Waals surface area contributed by atoms with Gasteiger partial charge in [0.25, 0.3) is 0 Å². The van der Waals surface area contributed by atoms with Crippen LogP contribution in [-0.4, -0.2) is 36.1 Å². The Kier molecular flexibility index (Phi) is 5.68. The minimum Gasteiger partial charge on any atom is -0.489 e. The lowest BCUT2D eigenvalue weighted by molar-refractivity contribution is -0.138. The van der Waals surface area contributed by atoms with Crippen molar-refractivity contribution in [3.05, 3.63) is 77.4 Å². The van der Waals surface area contributed by atoms with E-state index in [9.17, 15) is 9.90 Å². The Morgan fingerprint density at radius 1 is 1.13 bits per heavy atom. The highest BCUT2D eigenvalue weighted by Gasteiger charge is 2.21. The van der Waals surface area contributed by atoms with Gasteiger partial charge in [0.05, 0.1) is 5.92 Å². The van der Waals surface area contributed by atoms with Crippen LogP contribution in [0.15, 0.2) is 60.7 Å². The summed E-state index contributed by atoms with van der Waals surface area (Å²) in [6.45, 7) is 1.80. The fraction of sp³-hybridized carbons (Fsp3) is 0.250. The Labute approximate surface area is 175 Å². The van der Waals surface area contributed by atoms with E-state index in [1.54, 1.807) is 0 Å². The number of nitrogens with one attached hydrogen (secondary N) is 2. The molecule has 1 fully saturated rings. The van der Waals surface area contributed by atoms with E-state index in [4.69, 9.17) is 15.9 Å². The largest absolute Gasteiger partial charge is 0.489 e. The zero-order valence-corrected chi connectivity index (χ0v) is 16.6. The summed E-state index contributed by atoms with van der Waals surface area (Å²) < 4.78 is 5.93. The summed E-state index contributed by atoms with van der Waals surface area (Å²) in [5.74, 6) is -0.734. The fourth-order valence-electron chi connectivity index (χ4n) is 3.87. The van der Waals surface area contributed by atoms with Crippen molar-refractivity contribution >= 4 is 22.6 Å². The molecule has 2 atom stereocenters. The number of rotatable bonds is 7. The number of nitrogens with two attached hydrogens (primary N) is 1. The van der Waals surface area contributed by atoms with Gasteiger partial charge in [-0.3, -0.25) is 10.2 Å². The fourth-order valence-corrected chi connectivity index (χ4v) is 3.87. The van der Waals surface area contributed by atoms with Crippen LogP contribution in [0.4, 0.5) is 0 Å². The summed E-state index contributed by atoms with van der Waals surface area (Å²) in [5.41, 5.74) is 7.92. The Hall–Kier alpha value is -3.38.